The summed E-state index contributed by atoms with van der Waals surface area (Å²) in [6.45, 7) is 3.30. The van der Waals surface area contributed by atoms with E-state index >= 15 is 0 Å². The van der Waals surface area contributed by atoms with E-state index in [4.69, 9.17) is 14.9 Å². The van der Waals surface area contributed by atoms with Crippen LogP contribution in [0.2, 0.25) is 0 Å². The number of aliphatic hydroxyl groups is 1. The molecule has 1 saturated heterocycles. The van der Waals surface area contributed by atoms with E-state index in [1.54, 1.807) is 0 Å². The van der Waals surface area contributed by atoms with Gasteiger partial charge in [-0.05, 0) is 0 Å². The van der Waals surface area contributed by atoms with E-state index in [2.05, 4.69) is 6.58 Å². The molecular formula is C7H10O4. The third kappa shape index (κ3) is 2.03. The summed E-state index contributed by atoms with van der Waals surface area (Å²) in [6, 6.07) is 0. The maximum Gasteiger partial charge on any atom is 0.331 e. The predicted octanol–water partition coefficient (Wildman–Crippen LogP) is -0.223. The number of hydrogen-bond donors (Lipinski definition) is 2. The van der Waals surface area contributed by atoms with Gasteiger partial charge in [-0.3, -0.25) is 0 Å². The minimum absolute atomic E-state index is 0.0441. The van der Waals surface area contributed by atoms with Crippen molar-refractivity contribution in [2.75, 3.05) is 6.61 Å². The van der Waals surface area contributed by atoms with Crippen molar-refractivity contribution in [3.63, 3.8) is 0 Å². The first-order valence-electron chi connectivity index (χ1n) is 3.32. The molecule has 0 aromatic rings. The van der Waals surface area contributed by atoms with Gasteiger partial charge in [0.15, 0.2) is 0 Å². The first-order valence-corrected chi connectivity index (χ1v) is 3.32. The van der Waals surface area contributed by atoms with Crippen LogP contribution in [0.3, 0.4) is 0 Å². The highest BCUT2D eigenvalue weighted by molar-refractivity contribution is 5.85. The normalized spacial score (nSPS) is 28.1. The second kappa shape index (κ2) is 3.02. The maximum atomic E-state index is 10.2. The number of epoxide rings is 1. The number of carboxylic acid groups (broad SMARTS) is 1. The van der Waals surface area contributed by atoms with Crippen molar-refractivity contribution >= 4 is 5.97 Å². The van der Waals surface area contributed by atoms with Crippen molar-refractivity contribution in [2.45, 2.75) is 18.6 Å². The number of aliphatic carboxylic acids is 1. The Bertz CT molecular complexity index is 187. The Balaban J connectivity index is 2.23. The summed E-state index contributed by atoms with van der Waals surface area (Å²) in [5.41, 5.74) is 0.131. The van der Waals surface area contributed by atoms with Crippen molar-refractivity contribution in [1.29, 1.82) is 0 Å². The Morgan fingerprint density at radius 1 is 1.55 bits per heavy atom. The molecule has 0 aromatic heterocycles. The molecule has 1 heterocycles. The molecule has 2 atom stereocenters. The third-order valence-corrected chi connectivity index (χ3v) is 1.62. The highest BCUT2D eigenvalue weighted by Gasteiger charge is 2.38. The summed E-state index contributed by atoms with van der Waals surface area (Å²) >= 11 is 0. The molecule has 1 rings (SSSR count). The van der Waals surface area contributed by atoms with Gasteiger partial charge >= 0.3 is 5.97 Å². The molecule has 1 aliphatic heterocycles. The van der Waals surface area contributed by atoms with E-state index in [1.807, 2.05) is 0 Å². The number of carbonyl (C=O) groups is 1. The summed E-state index contributed by atoms with van der Waals surface area (Å²) in [5.74, 6) is -1.00. The second-order valence-corrected chi connectivity index (χ2v) is 2.51. The molecule has 1 fully saturated rings. The number of rotatable bonds is 4. The number of carboxylic acids is 1. The van der Waals surface area contributed by atoms with Crippen LogP contribution < -0.4 is 0 Å². The third-order valence-electron chi connectivity index (χ3n) is 1.62. The largest absolute Gasteiger partial charge is 0.478 e. The Hall–Kier alpha value is -0.870. The van der Waals surface area contributed by atoms with Crippen LogP contribution >= 0.6 is 0 Å². The molecule has 2 unspecified atom stereocenters. The van der Waals surface area contributed by atoms with Gasteiger partial charge in [0.05, 0.1) is 12.7 Å². The molecule has 4 heteroatoms. The zero-order chi connectivity index (χ0) is 8.43. The molecule has 0 aromatic carbocycles. The van der Waals surface area contributed by atoms with Gasteiger partial charge in [-0.15, -0.1) is 0 Å². The van der Waals surface area contributed by atoms with Crippen molar-refractivity contribution < 1.29 is 19.7 Å². The number of aliphatic hydroxyl groups excluding tert-OH is 1. The van der Waals surface area contributed by atoms with Crippen LogP contribution in [0.15, 0.2) is 12.2 Å². The zero-order valence-electron chi connectivity index (χ0n) is 5.99. The standard InChI is InChI=1S/C7H10O4/c1-4(7(9)10)2-5-6(3-8)11-5/h5-6,8H,1-3H2,(H,9,10). The van der Waals surface area contributed by atoms with Crippen LogP contribution in [0.1, 0.15) is 6.42 Å². The van der Waals surface area contributed by atoms with E-state index < -0.39 is 5.97 Å². The fourth-order valence-electron chi connectivity index (χ4n) is 0.849. The lowest BCUT2D eigenvalue weighted by molar-refractivity contribution is -0.132. The average molecular weight is 158 g/mol. The highest BCUT2D eigenvalue weighted by Crippen LogP contribution is 2.27. The molecule has 62 valence electrons. The van der Waals surface area contributed by atoms with Gasteiger partial charge in [0.1, 0.15) is 6.10 Å². The smallest absolute Gasteiger partial charge is 0.331 e. The quantitative estimate of drug-likeness (QED) is 0.438. The zero-order valence-corrected chi connectivity index (χ0v) is 5.99. The fraction of sp³-hybridized carbons (Fsp3) is 0.571. The van der Waals surface area contributed by atoms with Crippen LogP contribution in [0.5, 0.6) is 0 Å². The van der Waals surface area contributed by atoms with Gasteiger partial charge in [0.25, 0.3) is 0 Å². The fourth-order valence-corrected chi connectivity index (χ4v) is 0.849. The van der Waals surface area contributed by atoms with Gasteiger partial charge in [0.2, 0.25) is 0 Å². The minimum atomic E-state index is -1.00. The van der Waals surface area contributed by atoms with Crippen molar-refractivity contribution in [3.8, 4) is 0 Å². The van der Waals surface area contributed by atoms with Crippen LogP contribution in [0.4, 0.5) is 0 Å². The number of ether oxygens (including phenoxy) is 1. The Kier molecular flexibility index (Phi) is 2.26. The SMILES string of the molecule is C=C(CC1OC1CO)C(=O)O. The molecule has 1 aliphatic rings. The molecule has 0 amide bonds. The highest BCUT2D eigenvalue weighted by atomic mass is 16.6. The Morgan fingerprint density at radius 3 is 2.55 bits per heavy atom. The first-order chi connectivity index (χ1) is 5.15. The first kappa shape index (κ1) is 8.23. The minimum Gasteiger partial charge on any atom is -0.478 e. The monoisotopic (exact) mass is 158 g/mol. The Morgan fingerprint density at radius 2 is 2.18 bits per heavy atom. The van der Waals surface area contributed by atoms with Crippen LogP contribution in [0, 0.1) is 0 Å². The summed E-state index contributed by atoms with van der Waals surface area (Å²) < 4.78 is 4.91. The molecule has 0 saturated carbocycles. The van der Waals surface area contributed by atoms with Gasteiger partial charge in [0, 0.05) is 12.0 Å². The summed E-state index contributed by atoms with van der Waals surface area (Å²) in [7, 11) is 0. The van der Waals surface area contributed by atoms with Gasteiger partial charge in [-0.2, -0.15) is 0 Å². The molecule has 4 nitrogen and oxygen atoms in total. The van der Waals surface area contributed by atoms with Crippen LogP contribution in [-0.2, 0) is 9.53 Å². The van der Waals surface area contributed by atoms with Gasteiger partial charge < -0.3 is 14.9 Å². The lowest BCUT2D eigenvalue weighted by atomic mass is 10.1. The molecule has 0 radical (unpaired) electrons. The van der Waals surface area contributed by atoms with E-state index in [-0.39, 0.29) is 24.4 Å². The van der Waals surface area contributed by atoms with Crippen LogP contribution in [0.25, 0.3) is 0 Å². The van der Waals surface area contributed by atoms with E-state index in [0.717, 1.165) is 0 Å². The molecule has 2 N–H and O–H groups in total. The van der Waals surface area contributed by atoms with Crippen molar-refractivity contribution in [3.05, 3.63) is 12.2 Å². The molecule has 0 aliphatic carbocycles. The van der Waals surface area contributed by atoms with Gasteiger partial charge in [-0.1, -0.05) is 6.58 Å². The predicted molar refractivity (Wildman–Crippen MR) is 37.1 cm³/mol. The maximum absolute atomic E-state index is 10.2. The molecule has 11 heavy (non-hydrogen) atoms. The molecule has 0 spiro atoms. The van der Waals surface area contributed by atoms with Crippen molar-refractivity contribution in [1.82, 2.24) is 0 Å². The van der Waals surface area contributed by atoms with Gasteiger partial charge in [-0.25, -0.2) is 4.79 Å². The summed E-state index contributed by atoms with van der Waals surface area (Å²) in [4.78, 5) is 10.2. The summed E-state index contributed by atoms with van der Waals surface area (Å²) in [6.07, 6.45) is -0.00435. The van der Waals surface area contributed by atoms with E-state index in [1.165, 1.54) is 0 Å². The number of hydrogen-bond acceptors (Lipinski definition) is 3. The second-order valence-electron chi connectivity index (χ2n) is 2.51. The molecular weight excluding hydrogens is 148 g/mol. The lowest BCUT2D eigenvalue weighted by Gasteiger charge is -1.93. The van der Waals surface area contributed by atoms with Crippen LogP contribution in [-0.4, -0.2) is 35.0 Å². The van der Waals surface area contributed by atoms with Crippen molar-refractivity contribution in [2.24, 2.45) is 0 Å². The average Bonchev–Trinajstić information content (AvgIpc) is 2.67. The topological polar surface area (TPSA) is 70.1 Å². The van der Waals surface area contributed by atoms with E-state index in [9.17, 15) is 4.79 Å². The molecule has 0 bridgehead atoms. The Labute approximate surface area is 64.1 Å². The summed E-state index contributed by atoms with van der Waals surface area (Å²) in [5, 5.41) is 16.9. The van der Waals surface area contributed by atoms with E-state index in [0.29, 0.717) is 6.42 Å². The lowest BCUT2D eigenvalue weighted by Crippen LogP contribution is -2.05.